The molecule has 0 radical (unpaired) electrons. The molecule has 0 atom stereocenters. The number of benzene rings is 2. The molecule has 27 heavy (non-hydrogen) atoms. The second-order valence-electron chi connectivity index (χ2n) is 6.27. The molecule has 0 aliphatic rings. The van der Waals surface area contributed by atoms with Gasteiger partial charge in [-0.3, -0.25) is 14.5 Å². The lowest BCUT2D eigenvalue weighted by atomic mass is 10.1. The van der Waals surface area contributed by atoms with Gasteiger partial charge in [0.2, 0.25) is 0 Å². The van der Waals surface area contributed by atoms with E-state index in [4.69, 9.17) is 4.42 Å². The largest absolute Gasteiger partial charge is 0.464 e. The van der Waals surface area contributed by atoms with Gasteiger partial charge in [0, 0.05) is 18.2 Å². The summed E-state index contributed by atoms with van der Waals surface area (Å²) >= 11 is 1.51. The van der Waals surface area contributed by atoms with Crippen molar-refractivity contribution in [3.05, 3.63) is 70.6 Å². The first-order chi connectivity index (χ1) is 13.2. The van der Waals surface area contributed by atoms with Crippen LogP contribution in [0.3, 0.4) is 0 Å². The second-order valence-corrected chi connectivity index (χ2v) is 7.28. The van der Waals surface area contributed by atoms with Crippen molar-refractivity contribution < 1.29 is 9.21 Å². The average molecular weight is 378 g/mol. The molecule has 2 aromatic heterocycles. The summed E-state index contributed by atoms with van der Waals surface area (Å²) in [6, 6.07) is 14.2. The molecule has 1 amide bonds. The fourth-order valence-electron chi connectivity index (χ4n) is 2.95. The number of amides is 1. The number of carbonyl (C=O) groups excluding carboxylic acids is 1. The van der Waals surface area contributed by atoms with Gasteiger partial charge in [0.15, 0.2) is 10.6 Å². The standard InChI is InChI=1S/C21H18N2O3S/c1-2-3-11-23(21-22-16-6-4-5-7-19(16)27-21)20(25)14-8-9-15-17(24)10-12-26-18(15)13-14/h4-10,12-13H,2-3,11H2,1H3. The highest BCUT2D eigenvalue weighted by atomic mass is 32.1. The average Bonchev–Trinajstić information content (AvgIpc) is 3.12. The third-order valence-corrected chi connectivity index (χ3v) is 5.46. The summed E-state index contributed by atoms with van der Waals surface area (Å²) in [7, 11) is 0. The first kappa shape index (κ1) is 17.4. The highest BCUT2D eigenvalue weighted by Crippen LogP contribution is 2.30. The number of aromatic nitrogens is 1. The predicted molar refractivity (Wildman–Crippen MR) is 109 cm³/mol. The van der Waals surface area contributed by atoms with Gasteiger partial charge in [-0.1, -0.05) is 36.8 Å². The fraction of sp³-hybridized carbons (Fsp3) is 0.190. The van der Waals surface area contributed by atoms with Gasteiger partial charge in [-0.15, -0.1) is 0 Å². The van der Waals surface area contributed by atoms with Gasteiger partial charge in [-0.2, -0.15) is 0 Å². The van der Waals surface area contributed by atoms with E-state index >= 15 is 0 Å². The number of hydrogen-bond acceptors (Lipinski definition) is 5. The number of anilines is 1. The Morgan fingerprint density at radius 3 is 2.85 bits per heavy atom. The molecule has 6 heteroatoms. The molecule has 0 saturated carbocycles. The molecule has 136 valence electrons. The van der Waals surface area contributed by atoms with E-state index in [0.717, 1.165) is 23.1 Å². The molecule has 0 aliphatic heterocycles. The van der Waals surface area contributed by atoms with Crippen LogP contribution in [0.1, 0.15) is 30.1 Å². The summed E-state index contributed by atoms with van der Waals surface area (Å²) < 4.78 is 6.46. The van der Waals surface area contributed by atoms with Gasteiger partial charge >= 0.3 is 0 Å². The number of nitrogens with zero attached hydrogens (tertiary/aromatic N) is 2. The van der Waals surface area contributed by atoms with Crippen molar-refractivity contribution in [2.75, 3.05) is 11.4 Å². The van der Waals surface area contributed by atoms with Crippen molar-refractivity contribution in [2.45, 2.75) is 19.8 Å². The molecule has 0 unspecified atom stereocenters. The maximum atomic E-state index is 13.2. The molecule has 4 aromatic rings. The molecular weight excluding hydrogens is 360 g/mol. The van der Waals surface area contributed by atoms with Crippen molar-refractivity contribution in [1.82, 2.24) is 4.98 Å². The first-order valence-corrected chi connectivity index (χ1v) is 9.68. The van der Waals surface area contributed by atoms with Crippen LogP contribution in [0.4, 0.5) is 5.13 Å². The minimum absolute atomic E-state index is 0.121. The smallest absolute Gasteiger partial charge is 0.260 e. The summed E-state index contributed by atoms with van der Waals surface area (Å²) in [5, 5.41) is 1.15. The Kier molecular flexibility index (Phi) is 4.73. The number of hydrogen-bond donors (Lipinski definition) is 0. The van der Waals surface area contributed by atoms with E-state index in [1.54, 1.807) is 23.1 Å². The number of thiazole rings is 1. The van der Waals surface area contributed by atoms with Crippen LogP contribution in [0, 0.1) is 0 Å². The molecule has 0 aliphatic carbocycles. The Balaban J connectivity index is 1.75. The van der Waals surface area contributed by atoms with Gasteiger partial charge in [0.1, 0.15) is 5.58 Å². The van der Waals surface area contributed by atoms with Crippen LogP contribution in [0.2, 0.25) is 0 Å². The van der Waals surface area contributed by atoms with Gasteiger partial charge < -0.3 is 4.42 Å². The van der Waals surface area contributed by atoms with Gasteiger partial charge in [-0.25, -0.2) is 4.98 Å². The Bertz CT molecular complexity index is 1150. The van der Waals surface area contributed by atoms with Crippen molar-refractivity contribution in [3.63, 3.8) is 0 Å². The van der Waals surface area contributed by atoms with Crippen molar-refractivity contribution in [2.24, 2.45) is 0 Å². The van der Waals surface area contributed by atoms with E-state index in [9.17, 15) is 9.59 Å². The molecule has 2 heterocycles. The maximum Gasteiger partial charge on any atom is 0.260 e. The molecule has 2 aromatic carbocycles. The Labute approximate surface area is 159 Å². The van der Waals surface area contributed by atoms with Crippen LogP contribution in [0.25, 0.3) is 21.2 Å². The topological polar surface area (TPSA) is 63.4 Å². The summed E-state index contributed by atoms with van der Waals surface area (Å²) in [5.41, 5.74) is 1.65. The first-order valence-electron chi connectivity index (χ1n) is 8.86. The zero-order valence-corrected chi connectivity index (χ0v) is 15.7. The van der Waals surface area contributed by atoms with Gasteiger partial charge in [0.25, 0.3) is 5.91 Å². The number of carbonyl (C=O) groups is 1. The zero-order chi connectivity index (χ0) is 18.8. The van der Waals surface area contributed by atoms with Crippen LogP contribution in [-0.2, 0) is 0 Å². The lowest BCUT2D eigenvalue weighted by Crippen LogP contribution is -2.31. The molecule has 0 fully saturated rings. The van der Waals surface area contributed by atoms with E-state index in [1.165, 1.54) is 23.7 Å². The molecule has 5 nitrogen and oxygen atoms in total. The maximum absolute atomic E-state index is 13.2. The molecule has 0 saturated heterocycles. The number of unbranched alkanes of at least 4 members (excludes halogenated alkanes) is 1. The summed E-state index contributed by atoms with van der Waals surface area (Å²) in [4.78, 5) is 31.5. The fourth-order valence-corrected chi connectivity index (χ4v) is 3.94. The van der Waals surface area contributed by atoms with Gasteiger partial charge in [-0.05, 0) is 36.8 Å². The normalized spacial score (nSPS) is 11.1. The number of para-hydroxylation sites is 1. The van der Waals surface area contributed by atoms with Crippen LogP contribution >= 0.6 is 11.3 Å². The second kappa shape index (κ2) is 7.32. The number of fused-ring (bicyclic) bond motifs is 2. The van der Waals surface area contributed by atoms with Crippen LogP contribution in [-0.4, -0.2) is 17.4 Å². The minimum atomic E-state index is -0.143. The van der Waals surface area contributed by atoms with Crippen LogP contribution in [0.5, 0.6) is 0 Å². The summed E-state index contributed by atoms with van der Waals surface area (Å²) in [5.74, 6) is -0.143. The highest BCUT2D eigenvalue weighted by molar-refractivity contribution is 7.22. The van der Waals surface area contributed by atoms with E-state index < -0.39 is 0 Å². The van der Waals surface area contributed by atoms with E-state index in [-0.39, 0.29) is 11.3 Å². The zero-order valence-electron chi connectivity index (χ0n) is 14.8. The lowest BCUT2D eigenvalue weighted by Gasteiger charge is -2.19. The summed E-state index contributed by atoms with van der Waals surface area (Å²) in [6.45, 7) is 2.68. The Morgan fingerprint density at radius 2 is 2.04 bits per heavy atom. The van der Waals surface area contributed by atoms with Crippen LogP contribution < -0.4 is 10.3 Å². The van der Waals surface area contributed by atoms with Crippen LogP contribution in [0.15, 0.2) is 64.0 Å². The molecular formula is C21H18N2O3S. The van der Waals surface area contributed by atoms with E-state index in [1.807, 2.05) is 24.3 Å². The summed E-state index contributed by atoms with van der Waals surface area (Å²) in [6.07, 6.45) is 3.20. The monoisotopic (exact) mass is 378 g/mol. The minimum Gasteiger partial charge on any atom is -0.464 e. The van der Waals surface area contributed by atoms with Gasteiger partial charge in [0.05, 0.1) is 21.9 Å². The molecule has 4 rings (SSSR count). The molecule has 0 N–H and O–H groups in total. The highest BCUT2D eigenvalue weighted by Gasteiger charge is 2.21. The lowest BCUT2D eigenvalue weighted by molar-refractivity contribution is 0.0986. The SMILES string of the molecule is CCCCN(C(=O)c1ccc2c(=O)ccoc2c1)c1nc2ccccc2s1. The third kappa shape index (κ3) is 3.36. The Morgan fingerprint density at radius 1 is 1.19 bits per heavy atom. The van der Waals surface area contributed by atoms with Crippen molar-refractivity contribution >= 4 is 43.6 Å². The predicted octanol–water partition coefficient (Wildman–Crippen LogP) is 4.85. The molecule has 0 bridgehead atoms. The third-order valence-electron chi connectivity index (χ3n) is 4.40. The number of rotatable bonds is 5. The quantitative estimate of drug-likeness (QED) is 0.498. The van der Waals surface area contributed by atoms with Crippen molar-refractivity contribution in [3.8, 4) is 0 Å². The van der Waals surface area contributed by atoms with E-state index in [0.29, 0.717) is 28.2 Å². The molecule has 0 spiro atoms. The van der Waals surface area contributed by atoms with E-state index in [2.05, 4.69) is 11.9 Å². The van der Waals surface area contributed by atoms with Crippen molar-refractivity contribution in [1.29, 1.82) is 0 Å². The Hall–Kier alpha value is -2.99.